The Labute approximate surface area is 577 Å². The van der Waals surface area contributed by atoms with Gasteiger partial charge in [-0.3, -0.25) is 77.1 Å². The van der Waals surface area contributed by atoms with Crippen molar-refractivity contribution in [1.82, 2.24) is 58.1 Å². The smallest absolute Gasteiger partial charge is 0.326 e. The number of amides is 12. The molecular formula is C57H100N20O19S2. The number of aliphatic imine (C=N–C) groups is 2. The highest BCUT2D eigenvalue weighted by Gasteiger charge is 2.42. The molecule has 1 rings (SSSR count). The van der Waals surface area contributed by atoms with Crippen LogP contribution in [0.5, 0.6) is 0 Å². The number of carbonyl (C=O) groups excluding carboxylic acids is 12. The number of nitrogens with two attached hydrogens (primary N) is 7. The number of rotatable bonds is 48. The summed E-state index contributed by atoms with van der Waals surface area (Å²) in [5, 5.41) is 63.0. The van der Waals surface area contributed by atoms with Crippen molar-refractivity contribution in [2.24, 2.45) is 62.0 Å². The van der Waals surface area contributed by atoms with Gasteiger partial charge in [-0.1, -0.05) is 27.7 Å². The zero-order valence-corrected chi connectivity index (χ0v) is 57.1. The van der Waals surface area contributed by atoms with Gasteiger partial charge in [-0.25, -0.2) is 4.79 Å². The second-order valence-corrected chi connectivity index (χ2v) is 24.5. The van der Waals surface area contributed by atoms with E-state index in [4.69, 9.17) is 40.1 Å². The van der Waals surface area contributed by atoms with Crippen molar-refractivity contribution in [2.75, 3.05) is 44.3 Å². The summed E-state index contributed by atoms with van der Waals surface area (Å²) in [5.74, 6) is -18.7. The summed E-state index contributed by atoms with van der Waals surface area (Å²) >= 11 is 8.36. The van der Waals surface area contributed by atoms with E-state index in [-0.39, 0.29) is 108 Å². The normalized spacial score (nSPS) is 16.0. The number of aliphatic carboxylic acids is 3. The molecular weight excluding hydrogens is 1330 g/mol. The van der Waals surface area contributed by atoms with E-state index in [0.29, 0.717) is 6.42 Å². The van der Waals surface area contributed by atoms with Crippen molar-refractivity contribution < 1.29 is 92.3 Å². The van der Waals surface area contributed by atoms with Gasteiger partial charge in [0.25, 0.3) is 0 Å². The van der Waals surface area contributed by atoms with Crippen LogP contribution >= 0.6 is 25.3 Å². The number of aliphatic hydroxyl groups is 1. The largest absolute Gasteiger partial charge is 0.481 e. The van der Waals surface area contributed by atoms with Gasteiger partial charge < -0.3 is 119 Å². The van der Waals surface area contributed by atoms with E-state index in [1.807, 2.05) is 0 Å². The number of thiol groups is 2. The molecule has 39 nitrogen and oxygen atoms in total. The van der Waals surface area contributed by atoms with E-state index in [2.05, 4.69) is 88.4 Å². The number of carboxylic acids is 3. The van der Waals surface area contributed by atoms with E-state index in [9.17, 15) is 92.3 Å². The molecule has 12 atom stereocenters. The molecule has 0 aromatic rings. The molecule has 1 saturated heterocycles. The fourth-order valence-electron chi connectivity index (χ4n) is 9.70. The standard InChI is InChI=1S/C57H100N20O19S2/c1-27(2)22-29(59)44(84)67-32(14-16-41(80)81)47(87)74-38(26-98)51(91)76-43(28(3)4)53(93)70-33(15-17-42(82)83)54(94)77-21-9-13-39(77)52(92)72-35(23-40(60)79)48(88)75-37(25-97)50(90)69-31(11-7-19-65-56(61)62)46(86)73-36(24-78)49(89)68-30(10-5-6-18-58)45(85)71-34(55(95)96)12-8-20-66-57(63)64/h27-39,43,78,97-98H,5-26,58-59H2,1-4H3,(H2,60,79)(H,67,84)(H,68,89)(H,69,90)(H,70,93)(H,71,85)(H,72,92)(H,73,86)(H,74,87)(H,75,88)(H,76,91)(H,80,81)(H,82,83)(H,95,96)(H4,61,62,65)(H4,63,64,66)/t29-,30-,31-,32-,33-,34-,35-,36-,37-,38-,39-,43-/m0/s1. The number of nitrogens with zero attached hydrogens (tertiary/aromatic N) is 3. The highest BCUT2D eigenvalue weighted by molar-refractivity contribution is 7.80. The minimum absolute atomic E-state index is 0.0120. The lowest BCUT2D eigenvalue weighted by atomic mass is 10.0. The molecule has 0 radical (unpaired) electrons. The molecule has 0 saturated carbocycles. The zero-order chi connectivity index (χ0) is 74.5. The SMILES string of the molecule is CC(C)C[C@H](N)C(=O)N[C@@H](CCC(=O)O)C(=O)N[C@@H](CS)C(=O)N[C@H](C(=O)N[C@@H](CCC(=O)O)C(=O)N1CCC[C@H]1C(=O)N[C@@H](CC(N)=O)C(=O)N[C@@H](CS)C(=O)N[C@@H](CCCN=C(N)N)C(=O)N[C@@H](CO)C(=O)N[C@@H](CCCCN)C(=O)N[C@@H](CCCN=C(N)N)C(=O)O)C(C)C. The monoisotopic (exact) mass is 1430 g/mol. The molecule has 1 aliphatic rings. The first kappa shape index (κ1) is 87.2. The van der Waals surface area contributed by atoms with Crippen LogP contribution in [0.25, 0.3) is 0 Å². The van der Waals surface area contributed by atoms with E-state index >= 15 is 0 Å². The van der Waals surface area contributed by atoms with Crippen LogP contribution in [-0.2, 0) is 71.9 Å². The first-order valence-corrected chi connectivity index (χ1v) is 33.0. The van der Waals surface area contributed by atoms with Crippen LogP contribution in [0.1, 0.15) is 124 Å². The lowest BCUT2D eigenvalue weighted by Crippen LogP contribution is -2.61. The lowest BCUT2D eigenvalue weighted by Gasteiger charge is -2.31. The molecule has 0 bridgehead atoms. The maximum absolute atomic E-state index is 14.4. The molecule has 0 aliphatic carbocycles. The second-order valence-electron chi connectivity index (χ2n) is 23.8. The van der Waals surface area contributed by atoms with Gasteiger partial charge in [-0.15, -0.1) is 0 Å². The Morgan fingerprint density at radius 1 is 0.500 bits per heavy atom. The third-order valence-corrected chi connectivity index (χ3v) is 15.6. The molecule has 41 heteroatoms. The predicted octanol–water partition coefficient (Wildman–Crippen LogP) is -8.37. The fraction of sp³-hybridized carbons (Fsp3) is 0.702. The molecule has 28 N–H and O–H groups in total. The average molecular weight is 1430 g/mol. The molecule has 98 heavy (non-hydrogen) atoms. The number of likely N-dealkylation sites (tertiary alicyclic amines) is 1. The van der Waals surface area contributed by atoms with Crippen LogP contribution in [0.4, 0.5) is 0 Å². The van der Waals surface area contributed by atoms with Crippen LogP contribution in [0.3, 0.4) is 0 Å². The van der Waals surface area contributed by atoms with Gasteiger partial charge in [-0.05, 0) is 95.4 Å². The van der Waals surface area contributed by atoms with Gasteiger partial charge in [0.2, 0.25) is 70.9 Å². The van der Waals surface area contributed by atoms with Gasteiger partial charge in [-0.2, -0.15) is 25.3 Å². The number of carboxylic acid groups (broad SMARTS) is 3. The fourth-order valence-corrected chi connectivity index (χ4v) is 10.2. The third-order valence-electron chi connectivity index (χ3n) is 14.9. The summed E-state index contributed by atoms with van der Waals surface area (Å²) in [6.07, 6.45) is -2.51. The van der Waals surface area contributed by atoms with Gasteiger partial charge in [0.05, 0.1) is 19.1 Å². The number of carbonyl (C=O) groups is 15. The quantitative estimate of drug-likeness (QED) is 0.0116. The maximum atomic E-state index is 14.4. The number of hydrogen-bond donors (Lipinski definition) is 23. The molecule has 1 heterocycles. The minimum atomic E-state index is -1.87. The Balaban J connectivity index is 3.46. The van der Waals surface area contributed by atoms with Crippen LogP contribution in [0.15, 0.2) is 9.98 Å². The summed E-state index contributed by atoms with van der Waals surface area (Å²) in [6.45, 7) is 5.53. The highest BCUT2D eigenvalue weighted by Crippen LogP contribution is 2.21. The Morgan fingerprint density at radius 2 is 0.908 bits per heavy atom. The molecule has 1 aliphatic heterocycles. The number of aliphatic hydroxyl groups excluding tert-OH is 1. The molecule has 554 valence electrons. The summed E-state index contributed by atoms with van der Waals surface area (Å²) in [7, 11) is 0. The number of hydrogen-bond acceptors (Lipinski definition) is 22. The first-order chi connectivity index (χ1) is 46.0. The van der Waals surface area contributed by atoms with Crippen LogP contribution in [0.2, 0.25) is 0 Å². The number of unbranched alkanes of at least 4 members (excludes halogenated alkanes) is 1. The van der Waals surface area contributed by atoms with E-state index < -0.39 is 212 Å². The highest BCUT2D eigenvalue weighted by atomic mass is 32.1. The van der Waals surface area contributed by atoms with Crippen LogP contribution < -0.4 is 93.3 Å². The van der Waals surface area contributed by atoms with E-state index in [0.717, 1.165) is 4.90 Å². The summed E-state index contributed by atoms with van der Waals surface area (Å²) in [4.78, 5) is 209. The first-order valence-electron chi connectivity index (χ1n) is 31.7. The van der Waals surface area contributed by atoms with Gasteiger partial charge in [0.1, 0.15) is 66.5 Å². The average Bonchev–Trinajstić information content (AvgIpc) is 1.60. The predicted molar refractivity (Wildman–Crippen MR) is 359 cm³/mol. The van der Waals surface area contributed by atoms with Gasteiger partial charge >= 0.3 is 17.9 Å². The van der Waals surface area contributed by atoms with Crippen molar-refractivity contribution in [3.05, 3.63) is 0 Å². The van der Waals surface area contributed by atoms with E-state index in [1.165, 1.54) is 13.8 Å². The molecule has 0 unspecified atom stereocenters. The molecule has 0 aromatic carbocycles. The summed E-state index contributed by atoms with van der Waals surface area (Å²) < 4.78 is 0. The van der Waals surface area contributed by atoms with Gasteiger partial charge in [0, 0.05) is 44.0 Å². The Kier molecular flexibility index (Phi) is 40.6. The van der Waals surface area contributed by atoms with Crippen LogP contribution in [-0.4, -0.2) is 243 Å². The van der Waals surface area contributed by atoms with Crippen LogP contribution in [0, 0.1) is 11.8 Å². The molecule has 1 fully saturated rings. The zero-order valence-electron chi connectivity index (χ0n) is 55.3. The Bertz CT molecular complexity index is 2810. The Morgan fingerprint density at radius 3 is 1.36 bits per heavy atom. The summed E-state index contributed by atoms with van der Waals surface area (Å²) in [6, 6.07) is -18.5. The van der Waals surface area contributed by atoms with E-state index in [1.54, 1.807) is 13.8 Å². The van der Waals surface area contributed by atoms with Gasteiger partial charge in [0.15, 0.2) is 11.9 Å². The van der Waals surface area contributed by atoms with Crippen molar-refractivity contribution in [2.45, 2.75) is 197 Å². The third kappa shape index (κ3) is 32.9. The number of nitrogens with one attached hydrogen (secondary N) is 10. The minimum Gasteiger partial charge on any atom is -0.481 e. The van der Waals surface area contributed by atoms with Crippen molar-refractivity contribution in [1.29, 1.82) is 0 Å². The van der Waals surface area contributed by atoms with Crippen molar-refractivity contribution in [3.63, 3.8) is 0 Å². The van der Waals surface area contributed by atoms with Crippen molar-refractivity contribution >= 4 is 126 Å². The Hall–Kier alpha value is -8.83. The van der Waals surface area contributed by atoms with Crippen molar-refractivity contribution in [3.8, 4) is 0 Å². The maximum Gasteiger partial charge on any atom is 0.326 e. The second kappa shape index (κ2) is 45.6. The number of primary amides is 1. The molecule has 12 amide bonds. The topological polar surface area (TPSA) is 667 Å². The molecule has 0 aromatic heterocycles. The lowest BCUT2D eigenvalue weighted by molar-refractivity contribution is -0.144. The molecule has 0 spiro atoms. The number of guanidine groups is 2. The summed E-state index contributed by atoms with van der Waals surface area (Å²) in [5.41, 5.74) is 38.7.